The fraction of sp³-hybridized carbons (Fsp3) is 0.444. The zero-order chi connectivity index (χ0) is 18.5. The number of benzene rings is 1. The fourth-order valence-corrected chi connectivity index (χ4v) is 4.86. The smallest absolute Gasteiger partial charge is 0.284 e. The van der Waals surface area contributed by atoms with Gasteiger partial charge in [0.2, 0.25) is 0 Å². The molecule has 1 saturated heterocycles. The van der Waals surface area contributed by atoms with Crippen LogP contribution in [0.1, 0.15) is 48.2 Å². The van der Waals surface area contributed by atoms with Gasteiger partial charge in [-0.25, -0.2) is 4.98 Å². The Morgan fingerprint density at radius 2 is 1.92 bits per heavy atom. The third kappa shape index (κ3) is 4.62. The van der Waals surface area contributed by atoms with E-state index in [-0.39, 0.29) is 11.6 Å². The number of thiazole rings is 1. The molecule has 0 unspecified atom stereocenters. The van der Waals surface area contributed by atoms with Crippen molar-refractivity contribution in [2.75, 3.05) is 13.1 Å². The SMILES string of the molecule is Cc1csc(Sc2ccc(C(=O)N3CCCCCCC3)cc2[N+](=O)[O-])n1. The predicted octanol–water partition coefficient (Wildman–Crippen LogP) is 4.92. The highest BCUT2D eigenvalue weighted by Gasteiger charge is 2.22. The summed E-state index contributed by atoms with van der Waals surface area (Å²) in [6, 6.07) is 4.76. The van der Waals surface area contributed by atoms with Gasteiger partial charge in [-0.3, -0.25) is 14.9 Å². The maximum atomic E-state index is 12.8. The molecule has 3 rings (SSSR count). The Kier molecular flexibility index (Phi) is 6.26. The summed E-state index contributed by atoms with van der Waals surface area (Å²) in [7, 11) is 0. The first-order valence-electron chi connectivity index (χ1n) is 8.72. The Morgan fingerprint density at radius 3 is 2.54 bits per heavy atom. The molecule has 138 valence electrons. The quantitative estimate of drug-likeness (QED) is 0.546. The molecular formula is C18H21N3O3S2. The predicted molar refractivity (Wildman–Crippen MR) is 103 cm³/mol. The fourth-order valence-electron chi connectivity index (χ4n) is 2.99. The highest BCUT2D eigenvalue weighted by molar-refractivity contribution is 8.01. The van der Waals surface area contributed by atoms with Gasteiger partial charge in [0, 0.05) is 35.8 Å². The van der Waals surface area contributed by atoms with Crippen molar-refractivity contribution in [2.45, 2.75) is 48.3 Å². The Labute approximate surface area is 160 Å². The Balaban J connectivity index is 1.82. The second kappa shape index (κ2) is 8.64. The molecule has 6 nitrogen and oxygen atoms in total. The molecule has 2 aromatic rings. The van der Waals surface area contributed by atoms with Gasteiger partial charge in [-0.05, 0) is 31.9 Å². The van der Waals surface area contributed by atoms with E-state index in [1.807, 2.05) is 17.2 Å². The van der Waals surface area contributed by atoms with Crippen LogP contribution in [0, 0.1) is 17.0 Å². The van der Waals surface area contributed by atoms with Gasteiger partial charge in [0.15, 0.2) is 4.34 Å². The highest BCUT2D eigenvalue weighted by Crippen LogP contribution is 2.37. The lowest BCUT2D eigenvalue weighted by molar-refractivity contribution is -0.387. The number of carbonyl (C=O) groups excluding carboxylic acids is 1. The van der Waals surface area contributed by atoms with E-state index in [9.17, 15) is 14.9 Å². The molecule has 1 aliphatic heterocycles. The van der Waals surface area contributed by atoms with Gasteiger partial charge in [0.25, 0.3) is 11.6 Å². The molecule has 1 fully saturated rings. The number of aryl methyl sites for hydroxylation is 1. The number of carbonyl (C=O) groups is 1. The molecule has 0 N–H and O–H groups in total. The van der Waals surface area contributed by atoms with Crippen molar-refractivity contribution in [3.05, 3.63) is 45.0 Å². The normalized spacial score (nSPS) is 15.3. The first-order valence-corrected chi connectivity index (χ1v) is 10.4. The van der Waals surface area contributed by atoms with Gasteiger partial charge < -0.3 is 4.90 Å². The van der Waals surface area contributed by atoms with Crippen LogP contribution in [0.15, 0.2) is 32.8 Å². The lowest BCUT2D eigenvalue weighted by Gasteiger charge is -2.24. The van der Waals surface area contributed by atoms with E-state index in [1.165, 1.54) is 35.6 Å². The van der Waals surface area contributed by atoms with Crippen molar-refractivity contribution in [1.82, 2.24) is 9.88 Å². The molecule has 0 atom stereocenters. The molecule has 0 spiro atoms. The zero-order valence-corrected chi connectivity index (χ0v) is 16.3. The Hall–Kier alpha value is -1.93. The molecule has 0 radical (unpaired) electrons. The number of likely N-dealkylation sites (tertiary alicyclic amines) is 1. The number of aromatic nitrogens is 1. The van der Waals surface area contributed by atoms with Crippen LogP contribution in [0.3, 0.4) is 0 Å². The molecule has 8 heteroatoms. The van der Waals surface area contributed by atoms with Crippen LogP contribution in [0.25, 0.3) is 0 Å². The van der Waals surface area contributed by atoms with Crippen LogP contribution < -0.4 is 0 Å². The number of nitro groups is 1. The molecule has 1 aromatic carbocycles. The summed E-state index contributed by atoms with van der Waals surface area (Å²) < 4.78 is 0.758. The molecule has 0 bridgehead atoms. The largest absolute Gasteiger partial charge is 0.339 e. The number of hydrogen-bond acceptors (Lipinski definition) is 6. The van der Waals surface area contributed by atoms with Crippen molar-refractivity contribution < 1.29 is 9.72 Å². The molecule has 1 amide bonds. The topological polar surface area (TPSA) is 76.3 Å². The Bertz CT molecular complexity index is 799. The maximum absolute atomic E-state index is 12.8. The molecule has 26 heavy (non-hydrogen) atoms. The van der Waals surface area contributed by atoms with Crippen molar-refractivity contribution in [3.63, 3.8) is 0 Å². The average Bonchev–Trinajstić information content (AvgIpc) is 2.99. The standard InChI is InChI=1S/C18H21N3O3S2/c1-13-12-25-18(19-13)26-16-8-7-14(11-15(16)21(23)24)17(22)20-9-5-3-2-4-6-10-20/h7-8,11-12H,2-6,9-10H2,1H3. The maximum Gasteiger partial charge on any atom is 0.284 e. The third-order valence-corrected chi connectivity index (χ3v) is 6.46. The average molecular weight is 392 g/mol. The van der Waals surface area contributed by atoms with Crippen LogP contribution in [-0.4, -0.2) is 33.8 Å². The number of hydrogen-bond donors (Lipinski definition) is 0. The number of nitro benzene ring substituents is 1. The zero-order valence-electron chi connectivity index (χ0n) is 14.6. The van der Waals surface area contributed by atoms with Crippen LogP contribution in [0.4, 0.5) is 5.69 Å². The van der Waals surface area contributed by atoms with Crippen LogP contribution in [-0.2, 0) is 0 Å². The molecule has 0 aliphatic carbocycles. The summed E-state index contributed by atoms with van der Waals surface area (Å²) in [6.45, 7) is 3.34. The van der Waals surface area contributed by atoms with E-state index in [4.69, 9.17) is 0 Å². The van der Waals surface area contributed by atoms with Gasteiger partial charge in [0.05, 0.1) is 9.82 Å². The summed E-state index contributed by atoms with van der Waals surface area (Å²) in [4.78, 5) is 30.6. The van der Waals surface area contributed by atoms with Gasteiger partial charge >= 0.3 is 0 Å². The number of amides is 1. The third-order valence-electron chi connectivity index (χ3n) is 4.34. The van der Waals surface area contributed by atoms with Crippen molar-refractivity contribution in [3.8, 4) is 0 Å². The van der Waals surface area contributed by atoms with E-state index >= 15 is 0 Å². The molecular weight excluding hydrogens is 370 g/mol. The number of rotatable bonds is 4. The van der Waals surface area contributed by atoms with Crippen molar-refractivity contribution in [1.29, 1.82) is 0 Å². The second-order valence-corrected chi connectivity index (χ2v) is 8.50. The molecule has 2 heterocycles. The molecule has 1 aromatic heterocycles. The van der Waals surface area contributed by atoms with Crippen molar-refractivity contribution in [2.24, 2.45) is 0 Å². The first-order chi connectivity index (χ1) is 12.5. The lowest BCUT2D eigenvalue weighted by atomic mass is 10.1. The van der Waals surface area contributed by atoms with Crippen LogP contribution >= 0.6 is 23.1 Å². The monoisotopic (exact) mass is 391 g/mol. The van der Waals surface area contributed by atoms with Gasteiger partial charge in [-0.15, -0.1) is 11.3 Å². The van der Waals surface area contributed by atoms with Crippen LogP contribution in [0.5, 0.6) is 0 Å². The van der Waals surface area contributed by atoms with E-state index in [2.05, 4.69) is 4.98 Å². The summed E-state index contributed by atoms with van der Waals surface area (Å²) >= 11 is 2.72. The van der Waals surface area contributed by atoms with E-state index in [1.54, 1.807) is 12.1 Å². The lowest BCUT2D eigenvalue weighted by Crippen LogP contribution is -2.33. The highest BCUT2D eigenvalue weighted by atomic mass is 32.2. The minimum atomic E-state index is -0.424. The minimum absolute atomic E-state index is 0.0410. The molecule has 0 saturated carbocycles. The summed E-state index contributed by atoms with van der Waals surface area (Å²) in [6.07, 6.45) is 5.46. The van der Waals surface area contributed by atoms with Crippen LogP contribution in [0.2, 0.25) is 0 Å². The first kappa shape index (κ1) is 18.8. The minimum Gasteiger partial charge on any atom is -0.339 e. The van der Waals surface area contributed by atoms with E-state index in [0.29, 0.717) is 10.5 Å². The van der Waals surface area contributed by atoms with E-state index in [0.717, 1.165) is 48.8 Å². The Morgan fingerprint density at radius 1 is 1.23 bits per heavy atom. The summed E-state index contributed by atoms with van der Waals surface area (Å²) in [5, 5.41) is 13.4. The van der Waals surface area contributed by atoms with Crippen molar-refractivity contribution >= 4 is 34.7 Å². The second-order valence-electron chi connectivity index (χ2n) is 6.36. The summed E-state index contributed by atoms with van der Waals surface area (Å²) in [5.74, 6) is -0.114. The van der Waals surface area contributed by atoms with Gasteiger partial charge in [0.1, 0.15) is 0 Å². The van der Waals surface area contributed by atoms with Gasteiger partial charge in [-0.2, -0.15) is 0 Å². The van der Waals surface area contributed by atoms with E-state index < -0.39 is 4.92 Å². The molecule has 1 aliphatic rings. The summed E-state index contributed by atoms with van der Waals surface area (Å²) in [5.41, 5.74) is 1.24. The van der Waals surface area contributed by atoms with Gasteiger partial charge in [-0.1, -0.05) is 31.0 Å². The number of nitrogens with zero attached hydrogens (tertiary/aromatic N) is 3.